The van der Waals surface area contributed by atoms with Gasteiger partial charge in [-0.3, -0.25) is 4.79 Å². The molecule has 0 unspecified atom stereocenters. The topological polar surface area (TPSA) is 75.1 Å². The predicted molar refractivity (Wildman–Crippen MR) is 102 cm³/mol. The molecule has 0 aliphatic heterocycles. The molecule has 27 heavy (non-hydrogen) atoms. The summed E-state index contributed by atoms with van der Waals surface area (Å²) >= 11 is 5.94. The minimum Gasteiger partial charge on any atom is -0.394 e. The Morgan fingerprint density at radius 2 is 1.89 bits per heavy atom. The van der Waals surface area contributed by atoms with Gasteiger partial charge in [-0.1, -0.05) is 35.9 Å². The third kappa shape index (κ3) is 4.67. The van der Waals surface area contributed by atoms with Gasteiger partial charge in [0.1, 0.15) is 11.5 Å². The lowest BCUT2D eigenvalue weighted by molar-refractivity contribution is 0.0917. The third-order valence-corrected chi connectivity index (χ3v) is 4.08. The number of nitrogens with one attached hydrogen (secondary N) is 1. The molecule has 5 nitrogen and oxygen atoms in total. The van der Waals surface area contributed by atoms with Crippen molar-refractivity contribution in [3.63, 3.8) is 0 Å². The first kappa shape index (κ1) is 18.9. The smallest absolute Gasteiger partial charge is 0.270 e. The summed E-state index contributed by atoms with van der Waals surface area (Å²) in [6.45, 7) is 1.48. The van der Waals surface area contributed by atoms with Crippen molar-refractivity contribution in [3.05, 3.63) is 71.1 Å². The number of hydrogen-bond donors (Lipinski definition) is 2. The molecule has 3 rings (SSSR count). The lowest BCUT2D eigenvalue weighted by Gasteiger charge is -2.12. The minimum atomic E-state index is -0.452. The quantitative estimate of drug-likeness (QED) is 0.702. The molecule has 0 bridgehead atoms. The number of nitrogens with zero attached hydrogens (tertiary/aromatic N) is 2. The summed E-state index contributed by atoms with van der Waals surface area (Å²) in [5.74, 6) is -0.650. The molecule has 1 amide bonds. The highest BCUT2D eigenvalue weighted by Crippen LogP contribution is 2.24. The summed E-state index contributed by atoms with van der Waals surface area (Å²) in [6, 6.07) is 14.0. The number of aliphatic hydroxyl groups excluding tert-OH is 1. The largest absolute Gasteiger partial charge is 0.394 e. The van der Waals surface area contributed by atoms with Crippen LogP contribution in [0.3, 0.4) is 0 Å². The Kier molecular flexibility index (Phi) is 5.78. The molecule has 0 saturated heterocycles. The van der Waals surface area contributed by atoms with Crippen molar-refractivity contribution in [2.75, 3.05) is 6.61 Å². The molecule has 2 N–H and O–H groups in total. The molecule has 0 saturated carbocycles. The molecular formula is C20H17ClFN3O2. The molecule has 138 valence electrons. The third-order valence-electron chi connectivity index (χ3n) is 3.83. The maximum absolute atomic E-state index is 13.6. The number of benzene rings is 2. The van der Waals surface area contributed by atoms with E-state index in [4.69, 9.17) is 16.7 Å². The number of carbonyl (C=O) groups is 1. The maximum atomic E-state index is 13.6. The zero-order chi connectivity index (χ0) is 19.4. The molecule has 2 aromatic carbocycles. The van der Waals surface area contributed by atoms with Crippen molar-refractivity contribution >= 4 is 17.5 Å². The van der Waals surface area contributed by atoms with Gasteiger partial charge in [-0.15, -0.1) is 0 Å². The van der Waals surface area contributed by atoms with Crippen LogP contribution in [-0.2, 0) is 0 Å². The number of halogens is 2. The van der Waals surface area contributed by atoms with E-state index >= 15 is 0 Å². The van der Waals surface area contributed by atoms with E-state index in [9.17, 15) is 9.18 Å². The average molecular weight is 386 g/mol. The Balaban J connectivity index is 2.10. The van der Waals surface area contributed by atoms with Crippen LogP contribution >= 0.6 is 11.6 Å². The minimum absolute atomic E-state index is 0.120. The zero-order valence-electron chi connectivity index (χ0n) is 14.5. The lowest BCUT2D eigenvalue weighted by atomic mass is 10.1. The fraction of sp³-hybridized carbons (Fsp3) is 0.150. The van der Waals surface area contributed by atoms with Gasteiger partial charge in [0.15, 0.2) is 5.82 Å². The number of hydrogen-bond acceptors (Lipinski definition) is 4. The fourth-order valence-corrected chi connectivity index (χ4v) is 2.56. The highest BCUT2D eigenvalue weighted by atomic mass is 35.5. The van der Waals surface area contributed by atoms with Crippen LogP contribution in [0.1, 0.15) is 17.4 Å². The SMILES string of the molecule is C[C@@H](CO)NC(=O)c1cc(-c2ccc(Cl)cc2)nc(-c2cccc(F)c2)n1. The molecule has 0 radical (unpaired) electrons. The molecular weight excluding hydrogens is 369 g/mol. The van der Waals surface area contributed by atoms with Crippen molar-refractivity contribution < 1.29 is 14.3 Å². The molecule has 0 aliphatic carbocycles. The molecule has 1 heterocycles. The van der Waals surface area contributed by atoms with Crippen molar-refractivity contribution in [2.24, 2.45) is 0 Å². The molecule has 0 fully saturated rings. The van der Waals surface area contributed by atoms with Crippen LogP contribution in [0.15, 0.2) is 54.6 Å². The van der Waals surface area contributed by atoms with Crippen LogP contribution in [0.25, 0.3) is 22.6 Å². The van der Waals surface area contributed by atoms with Crippen molar-refractivity contribution in [2.45, 2.75) is 13.0 Å². The van der Waals surface area contributed by atoms with Gasteiger partial charge in [0.25, 0.3) is 5.91 Å². The van der Waals surface area contributed by atoms with Gasteiger partial charge in [0.2, 0.25) is 0 Å². The highest BCUT2D eigenvalue weighted by molar-refractivity contribution is 6.30. The van der Waals surface area contributed by atoms with E-state index < -0.39 is 17.8 Å². The summed E-state index contributed by atoms with van der Waals surface area (Å²) < 4.78 is 13.6. The van der Waals surface area contributed by atoms with E-state index in [2.05, 4.69) is 15.3 Å². The van der Waals surface area contributed by atoms with Crippen LogP contribution in [0.2, 0.25) is 5.02 Å². The second-order valence-corrected chi connectivity index (χ2v) is 6.47. The predicted octanol–water partition coefficient (Wildman–Crippen LogP) is 3.71. The average Bonchev–Trinajstić information content (AvgIpc) is 2.68. The number of carbonyl (C=O) groups excluding carboxylic acids is 1. The van der Waals surface area contributed by atoms with Gasteiger partial charge < -0.3 is 10.4 Å². The van der Waals surface area contributed by atoms with Gasteiger partial charge in [0.05, 0.1) is 12.3 Å². The highest BCUT2D eigenvalue weighted by Gasteiger charge is 2.16. The Labute approximate surface area is 160 Å². The Morgan fingerprint density at radius 3 is 2.56 bits per heavy atom. The van der Waals surface area contributed by atoms with Crippen molar-refractivity contribution in [3.8, 4) is 22.6 Å². The molecule has 1 atom stereocenters. The summed E-state index contributed by atoms with van der Waals surface area (Å²) in [7, 11) is 0. The van der Waals surface area contributed by atoms with Crippen LogP contribution in [0, 0.1) is 5.82 Å². The second kappa shape index (κ2) is 8.24. The first-order chi connectivity index (χ1) is 13.0. The van der Waals surface area contributed by atoms with E-state index in [1.54, 1.807) is 49.4 Å². The molecule has 0 spiro atoms. The van der Waals surface area contributed by atoms with Gasteiger partial charge in [-0.05, 0) is 37.3 Å². The summed E-state index contributed by atoms with van der Waals surface area (Å²) in [5, 5.41) is 12.4. The standard InChI is InChI=1S/C20H17ClFN3O2/c1-12(11-26)23-20(27)18-10-17(13-5-7-15(21)8-6-13)24-19(25-18)14-3-2-4-16(22)9-14/h2-10,12,26H,11H2,1H3,(H,23,27)/t12-/m0/s1. The van der Waals surface area contributed by atoms with Crippen LogP contribution in [-0.4, -0.2) is 33.6 Å². The Hall–Kier alpha value is -2.83. The summed E-state index contributed by atoms with van der Waals surface area (Å²) in [6.07, 6.45) is 0. The number of aromatic nitrogens is 2. The maximum Gasteiger partial charge on any atom is 0.270 e. The summed E-state index contributed by atoms with van der Waals surface area (Å²) in [5.41, 5.74) is 1.82. The molecule has 0 aliphatic rings. The summed E-state index contributed by atoms with van der Waals surface area (Å²) in [4.78, 5) is 21.2. The number of aliphatic hydroxyl groups is 1. The van der Waals surface area contributed by atoms with E-state index in [0.29, 0.717) is 16.3 Å². The molecule has 3 aromatic rings. The Morgan fingerprint density at radius 1 is 1.15 bits per heavy atom. The Bertz CT molecular complexity index is 964. The van der Waals surface area contributed by atoms with Gasteiger partial charge >= 0.3 is 0 Å². The van der Waals surface area contributed by atoms with E-state index in [-0.39, 0.29) is 18.1 Å². The fourth-order valence-electron chi connectivity index (χ4n) is 2.43. The molecule has 7 heteroatoms. The van der Waals surface area contributed by atoms with Crippen LogP contribution in [0.5, 0.6) is 0 Å². The van der Waals surface area contributed by atoms with Crippen LogP contribution in [0.4, 0.5) is 4.39 Å². The van der Waals surface area contributed by atoms with Crippen LogP contribution < -0.4 is 5.32 Å². The van der Waals surface area contributed by atoms with E-state index in [1.807, 2.05) is 0 Å². The zero-order valence-corrected chi connectivity index (χ0v) is 15.2. The first-order valence-electron chi connectivity index (χ1n) is 8.29. The van der Waals surface area contributed by atoms with E-state index in [1.165, 1.54) is 12.1 Å². The van der Waals surface area contributed by atoms with Gasteiger partial charge in [-0.25, -0.2) is 14.4 Å². The van der Waals surface area contributed by atoms with Crippen molar-refractivity contribution in [1.29, 1.82) is 0 Å². The second-order valence-electron chi connectivity index (χ2n) is 6.04. The molecule has 1 aromatic heterocycles. The first-order valence-corrected chi connectivity index (χ1v) is 8.67. The van der Waals surface area contributed by atoms with Crippen molar-refractivity contribution in [1.82, 2.24) is 15.3 Å². The van der Waals surface area contributed by atoms with E-state index in [0.717, 1.165) is 5.56 Å². The van der Waals surface area contributed by atoms with Gasteiger partial charge in [-0.2, -0.15) is 0 Å². The normalized spacial score (nSPS) is 11.9. The number of amides is 1. The number of rotatable bonds is 5. The van der Waals surface area contributed by atoms with Gasteiger partial charge in [0, 0.05) is 22.2 Å². The monoisotopic (exact) mass is 385 g/mol. The lowest BCUT2D eigenvalue weighted by Crippen LogP contribution is -2.35.